The fourth-order valence-corrected chi connectivity index (χ4v) is 1.35. The van der Waals surface area contributed by atoms with Crippen LogP contribution in [0.2, 0.25) is 0 Å². The molecule has 2 N–H and O–H groups in total. The largest absolute Gasteiger partial charge is 0.395 e. The number of hydrogen-bond donors (Lipinski definition) is 2. The van der Waals surface area contributed by atoms with Crippen LogP contribution in [0.1, 0.15) is 32.4 Å². The Morgan fingerprint density at radius 3 is 2.79 bits per heavy atom. The number of hydrogen-bond acceptors (Lipinski definition) is 3. The standard InChI is InChI=1S/C10H19N3O/c1-4-13-6-10(5-11-13)9(3)12-8(2)7-14/h5-6,8-9,12,14H,4,7H2,1-3H3/t8-,9?/m1/s1. The van der Waals surface area contributed by atoms with Crippen LogP contribution in [0, 0.1) is 0 Å². The van der Waals surface area contributed by atoms with Crippen LogP contribution in [0.4, 0.5) is 0 Å². The Hall–Kier alpha value is -0.870. The molecule has 0 fully saturated rings. The van der Waals surface area contributed by atoms with Crippen LogP contribution in [-0.4, -0.2) is 27.5 Å². The van der Waals surface area contributed by atoms with Crippen molar-refractivity contribution in [1.29, 1.82) is 0 Å². The molecule has 0 aliphatic heterocycles. The van der Waals surface area contributed by atoms with Gasteiger partial charge in [0.1, 0.15) is 0 Å². The first-order valence-electron chi connectivity index (χ1n) is 5.06. The van der Waals surface area contributed by atoms with Crippen molar-refractivity contribution in [3.8, 4) is 0 Å². The summed E-state index contributed by atoms with van der Waals surface area (Å²) in [5.41, 5.74) is 1.16. The van der Waals surface area contributed by atoms with Gasteiger partial charge in [-0.3, -0.25) is 4.68 Å². The Morgan fingerprint density at radius 2 is 2.29 bits per heavy atom. The van der Waals surface area contributed by atoms with Gasteiger partial charge in [0.25, 0.3) is 0 Å². The summed E-state index contributed by atoms with van der Waals surface area (Å²) in [6, 6.07) is 0.354. The molecular formula is C10H19N3O. The van der Waals surface area contributed by atoms with Gasteiger partial charge >= 0.3 is 0 Å². The number of nitrogens with one attached hydrogen (secondary N) is 1. The van der Waals surface area contributed by atoms with Crippen LogP contribution in [0.25, 0.3) is 0 Å². The Morgan fingerprint density at radius 1 is 1.57 bits per heavy atom. The number of aliphatic hydroxyl groups excluding tert-OH is 1. The van der Waals surface area contributed by atoms with E-state index in [9.17, 15) is 0 Å². The minimum atomic E-state index is 0.120. The van der Waals surface area contributed by atoms with E-state index in [2.05, 4.69) is 24.3 Å². The molecule has 2 atom stereocenters. The van der Waals surface area contributed by atoms with Crippen molar-refractivity contribution in [2.75, 3.05) is 6.61 Å². The normalized spacial score (nSPS) is 15.4. The molecule has 0 spiro atoms. The molecule has 14 heavy (non-hydrogen) atoms. The number of aromatic nitrogens is 2. The molecule has 0 aliphatic rings. The van der Waals surface area contributed by atoms with Gasteiger partial charge in [0.15, 0.2) is 0 Å². The lowest BCUT2D eigenvalue weighted by Crippen LogP contribution is -2.31. The van der Waals surface area contributed by atoms with E-state index in [0.717, 1.165) is 12.1 Å². The summed E-state index contributed by atoms with van der Waals surface area (Å²) < 4.78 is 1.90. The molecule has 0 radical (unpaired) electrons. The van der Waals surface area contributed by atoms with Gasteiger partial charge in [0.05, 0.1) is 12.8 Å². The molecule has 0 aromatic carbocycles. The lowest BCUT2D eigenvalue weighted by Gasteiger charge is -2.16. The second kappa shape index (κ2) is 5.12. The van der Waals surface area contributed by atoms with Crippen molar-refractivity contribution in [2.24, 2.45) is 0 Å². The van der Waals surface area contributed by atoms with E-state index in [1.54, 1.807) is 0 Å². The third-order valence-corrected chi connectivity index (χ3v) is 2.29. The van der Waals surface area contributed by atoms with E-state index in [1.165, 1.54) is 0 Å². The van der Waals surface area contributed by atoms with Crippen molar-refractivity contribution in [3.63, 3.8) is 0 Å². The molecule has 0 amide bonds. The minimum Gasteiger partial charge on any atom is -0.395 e. The quantitative estimate of drug-likeness (QED) is 0.738. The van der Waals surface area contributed by atoms with Crippen LogP contribution in [0.3, 0.4) is 0 Å². The molecule has 0 saturated carbocycles. The van der Waals surface area contributed by atoms with Gasteiger partial charge in [-0.25, -0.2) is 0 Å². The molecule has 4 heteroatoms. The maximum absolute atomic E-state index is 8.90. The third kappa shape index (κ3) is 2.82. The second-order valence-electron chi connectivity index (χ2n) is 3.60. The highest BCUT2D eigenvalue weighted by atomic mass is 16.3. The molecule has 80 valence electrons. The summed E-state index contributed by atoms with van der Waals surface area (Å²) in [7, 11) is 0. The summed E-state index contributed by atoms with van der Waals surface area (Å²) in [5.74, 6) is 0. The van der Waals surface area contributed by atoms with Crippen LogP contribution in [0.5, 0.6) is 0 Å². The maximum Gasteiger partial charge on any atom is 0.0582 e. The van der Waals surface area contributed by atoms with Gasteiger partial charge in [-0.2, -0.15) is 5.10 Å². The van der Waals surface area contributed by atoms with E-state index < -0.39 is 0 Å². The van der Waals surface area contributed by atoms with Crippen LogP contribution in [-0.2, 0) is 6.54 Å². The number of aryl methyl sites for hydroxylation is 1. The number of rotatable bonds is 5. The highest BCUT2D eigenvalue weighted by molar-refractivity contribution is 5.09. The molecule has 1 aromatic heterocycles. The summed E-state index contributed by atoms with van der Waals surface area (Å²) in [4.78, 5) is 0. The van der Waals surface area contributed by atoms with Crippen molar-refractivity contribution in [3.05, 3.63) is 18.0 Å². The molecule has 4 nitrogen and oxygen atoms in total. The van der Waals surface area contributed by atoms with E-state index >= 15 is 0 Å². The maximum atomic E-state index is 8.90. The van der Waals surface area contributed by atoms with Crippen molar-refractivity contribution < 1.29 is 5.11 Å². The van der Waals surface area contributed by atoms with Gasteiger partial charge in [0, 0.05) is 30.4 Å². The first kappa shape index (κ1) is 11.2. The van der Waals surface area contributed by atoms with Crippen LogP contribution >= 0.6 is 0 Å². The molecule has 0 aliphatic carbocycles. The summed E-state index contributed by atoms with van der Waals surface area (Å²) in [6.45, 7) is 7.14. The zero-order valence-electron chi connectivity index (χ0n) is 9.07. The van der Waals surface area contributed by atoms with Crippen molar-refractivity contribution in [2.45, 2.75) is 39.4 Å². The smallest absolute Gasteiger partial charge is 0.0582 e. The molecule has 1 rings (SSSR count). The average Bonchev–Trinajstić information content (AvgIpc) is 2.65. The molecule has 1 heterocycles. The van der Waals surface area contributed by atoms with E-state index in [-0.39, 0.29) is 18.7 Å². The molecule has 1 aromatic rings. The average molecular weight is 197 g/mol. The van der Waals surface area contributed by atoms with Gasteiger partial charge in [-0.1, -0.05) is 0 Å². The highest BCUT2D eigenvalue weighted by Gasteiger charge is 2.09. The first-order chi connectivity index (χ1) is 6.67. The monoisotopic (exact) mass is 197 g/mol. The second-order valence-corrected chi connectivity index (χ2v) is 3.60. The van der Waals surface area contributed by atoms with Gasteiger partial charge in [-0.05, 0) is 20.8 Å². The summed E-state index contributed by atoms with van der Waals surface area (Å²) in [6.07, 6.45) is 3.90. The van der Waals surface area contributed by atoms with Crippen molar-refractivity contribution >= 4 is 0 Å². The zero-order chi connectivity index (χ0) is 10.6. The lowest BCUT2D eigenvalue weighted by molar-refractivity contribution is 0.243. The topological polar surface area (TPSA) is 50.1 Å². The SMILES string of the molecule is CCn1cc(C(C)N[C@H](C)CO)cn1. The highest BCUT2D eigenvalue weighted by Crippen LogP contribution is 2.11. The van der Waals surface area contributed by atoms with E-state index in [4.69, 9.17) is 5.11 Å². The number of aliphatic hydroxyl groups is 1. The molecule has 0 saturated heterocycles. The Labute approximate surface area is 84.9 Å². The Kier molecular flexibility index (Phi) is 4.10. The Bertz CT molecular complexity index is 272. The van der Waals surface area contributed by atoms with E-state index in [0.29, 0.717) is 0 Å². The van der Waals surface area contributed by atoms with Gasteiger partial charge in [-0.15, -0.1) is 0 Å². The Balaban J connectivity index is 2.55. The van der Waals surface area contributed by atoms with Crippen molar-refractivity contribution in [1.82, 2.24) is 15.1 Å². The number of nitrogens with zero attached hydrogens (tertiary/aromatic N) is 2. The predicted octanol–water partition coefficient (Wildman–Crippen LogP) is 0.934. The molecule has 0 bridgehead atoms. The third-order valence-electron chi connectivity index (χ3n) is 2.29. The fraction of sp³-hybridized carbons (Fsp3) is 0.700. The summed E-state index contributed by atoms with van der Waals surface area (Å²) in [5, 5.41) is 16.4. The van der Waals surface area contributed by atoms with Gasteiger partial charge < -0.3 is 10.4 Å². The lowest BCUT2D eigenvalue weighted by atomic mass is 10.1. The van der Waals surface area contributed by atoms with Crippen LogP contribution in [0.15, 0.2) is 12.4 Å². The zero-order valence-corrected chi connectivity index (χ0v) is 9.07. The first-order valence-corrected chi connectivity index (χ1v) is 5.06. The fourth-order valence-electron chi connectivity index (χ4n) is 1.35. The molecule has 1 unspecified atom stereocenters. The minimum absolute atomic E-state index is 0.120. The van der Waals surface area contributed by atoms with Gasteiger partial charge in [0.2, 0.25) is 0 Å². The molecular weight excluding hydrogens is 178 g/mol. The summed E-state index contributed by atoms with van der Waals surface area (Å²) >= 11 is 0. The van der Waals surface area contributed by atoms with E-state index in [1.807, 2.05) is 24.0 Å². The predicted molar refractivity (Wildman–Crippen MR) is 56.0 cm³/mol. The van der Waals surface area contributed by atoms with Crippen LogP contribution < -0.4 is 5.32 Å².